The molecule has 5 nitrogen and oxygen atoms in total. The van der Waals surface area contributed by atoms with Crippen molar-refractivity contribution in [2.24, 2.45) is 4.99 Å². The van der Waals surface area contributed by atoms with E-state index in [1.807, 2.05) is 19.1 Å². The van der Waals surface area contributed by atoms with Crippen LogP contribution in [0.4, 0.5) is 0 Å². The largest absolute Gasteiger partial charge is 0.357 e. The van der Waals surface area contributed by atoms with E-state index in [0.717, 1.165) is 18.9 Å². The van der Waals surface area contributed by atoms with E-state index >= 15 is 0 Å². The summed E-state index contributed by atoms with van der Waals surface area (Å²) in [7, 11) is 0. The molecule has 0 unspecified atom stereocenters. The number of rotatable bonds is 9. The van der Waals surface area contributed by atoms with Crippen molar-refractivity contribution in [1.29, 1.82) is 0 Å². The summed E-state index contributed by atoms with van der Waals surface area (Å²) in [4.78, 5) is 15.6. The molecule has 0 bridgehead atoms. The molecule has 0 fully saturated rings. The first-order chi connectivity index (χ1) is 13.2. The number of nitrogens with one attached hydrogen (secondary N) is 3. The molecule has 2 aromatic carbocycles. The summed E-state index contributed by atoms with van der Waals surface area (Å²) in [6.45, 7) is 6.30. The Morgan fingerprint density at radius 2 is 1.43 bits per heavy atom. The number of aliphatic imine (C=N–C) groups is 1. The Morgan fingerprint density at radius 3 is 1.93 bits per heavy atom. The van der Waals surface area contributed by atoms with E-state index in [0.29, 0.717) is 25.6 Å². The van der Waals surface area contributed by atoms with Crippen LogP contribution in [0.5, 0.6) is 0 Å². The zero-order chi connectivity index (χ0) is 19.3. The number of amides is 1. The lowest BCUT2D eigenvalue weighted by atomic mass is 9.89. The standard InChI is InChI=1S/C22H30N4O.HI/c1-3-23-22(26-17-16-24-18(2)27)25-15-14-21(19-10-6-4-7-11-19)20-12-8-5-9-13-20;/h4-13,21H,3,14-17H2,1-2H3,(H,24,27)(H2,23,25,26);1H. The Morgan fingerprint density at radius 1 is 0.893 bits per heavy atom. The van der Waals surface area contributed by atoms with Gasteiger partial charge in [0.1, 0.15) is 0 Å². The Bertz CT molecular complexity index is 667. The van der Waals surface area contributed by atoms with Crippen LogP contribution in [0.1, 0.15) is 37.3 Å². The molecule has 0 heterocycles. The minimum absolute atomic E-state index is 0. The quantitative estimate of drug-likeness (QED) is 0.216. The second kappa shape index (κ2) is 14.0. The molecule has 2 rings (SSSR count). The van der Waals surface area contributed by atoms with Gasteiger partial charge in [0.05, 0.1) is 0 Å². The summed E-state index contributed by atoms with van der Waals surface area (Å²) >= 11 is 0. The number of guanidine groups is 1. The minimum Gasteiger partial charge on any atom is -0.357 e. The molecule has 0 aliphatic heterocycles. The van der Waals surface area contributed by atoms with Gasteiger partial charge in [0.25, 0.3) is 0 Å². The average molecular weight is 494 g/mol. The highest BCUT2D eigenvalue weighted by atomic mass is 127. The highest BCUT2D eigenvalue weighted by Gasteiger charge is 2.13. The second-order valence-corrected chi connectivity index (χ2v) is 6.33. The SMILES string of the molecule is CCNC(=NCCC(c1ccccc1)c1ccccc1)NCCNC(C)=O.I. The summed E-state index contributed by atoms with van der Waals surface area (Å²) in [5.41, 5.74) is 2.62. The van der Waals surface area contributed by atoms with E-state index in [-0.39, 0.29) is 29.9 Å². The van der Waals surface area contributed by atoms with Crippen LogP contribution in [0.2, 0.25) is 0 Å². The van der Waals surface area contributed by atoms with Crippen LogP contribution in [-0.2, 0) is 4.79 Å². The van der Waals surface area contributed by atoms with Crippen molar-refractivity contribution in [2.75, 3.05) is 26.2 Å². The van der Waals surface area contributed by atoms with E-state index in [9.17, 15) is 4.79 Å². The molecule has 0 saturated carbocycles. The molecule has 6 heteroatoms. The second-order valence-electron chi connectivity index (χ2n) is 6.33. The van der Waals surface area contributed by atoms with Crippen molar-refractivity contribution in [3.63, 3.8) is 0 Å². The number of carbonyl (C=O) groups is 1. The van der Waals surface area contributed by atoms with Gasteiger partial charge in [-0.15, -0.1) is 24.0 Å². The zero-order valence-electron chi connectivity index (χ0n) is 16.7. The van der Waals surface area contributed by atoms with Crippen LogP contribution in [0, 0.1) is 0 Å². The highest BCUT2D eigenvalue weighted by Crippen LogP contribution is 2.27. The number of hydrogen-bond donors (Lipinski definition) is 3. The number of carbonyl (C=O) groups excluding carboxylic acids is 1. The summed E-state index contributed by atoms with van der Waals surface area (Å²) in [5, 5.41) is 9.28. The van der Waals surface area contributed by atoms with Gasteiger partial charge >= 0.3 is 0 Å². The van der Waals surface area contributed by atoms with E-state index in [1.165, 1.54) is 18.1 Å². The minimum atomic E-state index is -0.0210. The molecule has 0 aliphatic rings. The van der Waals surface area contributed by atoms with Crippen LogP contribution in [0.3, 0.4) is 0 Å². The molecule has 28 heavy (non-hydrogen) atoms. The van der Waals surface area contributed by atoms with Gasteiger partial charge in [-0.05, 0) is 24.5 Å². The Labute approximate surface area is 185 Å². The monoisotopic (exact) mass is 494 g/mol. The Kier molecular flexibility index (Phi) is 12.0. The summed E-state index contributed by atoms with van der Waals surface area (Å²) in [5.74, 6) is 1.08. The van der Waals surface area contributed by atoms with Crippen molar-refractivity contribution in [3.05, 3.63) is 71.8 Å². The van der Waals surface area contributed by atoms with Gasteiger partial charge < -0.3 is 16.0 Å². The van der Waals surface area contributed by atoms with Gasteiger partial charge in [0, 0.05) is 39.0 Å². The molecule has 152 valence electrons. The fourth-order valence-corrected chi connectivity index (χ4v) is 2.96. The number of nitrogens with zero attached hydrogens (tertiary/aromatic N) is 1. The number of hydrogen-bond acceptors (Lipinski definition) is 2. The van der Waals surface area contributed by atoms with E-state index in [2.05, 4.69) is 64.5 Å². The molecule has 1 amide bonds. The first kappa shape index (κ1) is 23.9. The van der Waals surface area contributed by atoms with Gasteiger partial charge in [0.2, 0.25) is 5.91 Å². The lowest BCUT2D eigenvalue weighted by molar-refractivity contribution is -0.118. The first-order valence-electron chi connectivity index (χ1n) is 9.57. The lowest BCUT2D eigenvalue weighted by Crippen LogP contribution is -2.41. The molecule has 3 N–H and O–H groups in total. The fraction of sp³-hybridized carbons (Fsp3) is 0.364. The Hall–Kier alpha value is -2.09. The van der Waals surface area contributed by atoms with Gasteiger partial charge in [-0.2, -0.15) is 0 Å². The maximum atomic E-state index is 10.9. The lowest BCUT2D eigenvalue weighted by Gasteiger charge is -2.18. The van der Waals surface area contributed by atoms with Crippen LogP contribution >= 0.6 is 24.0 Å². The van der Waals surface area contributed by atoms with Crippen molar-refractivity contribution in [3.8, 4) is 0 Å². The zero-order valence-corrected chi connectivity index (χ0v) is 19.0. The molecular weight excluding hydrogens is 463 g/mol. The molecule has 0 aliphatic carbocycles. The molecule has 0 saturated heterocycles. The van der Waals surface area contributed by atoms with Gasteiger partial charge in [-0.1, -0.05) is 60.7 Å². The molecule has 2 aromatic rings. The smallest absolute Gasteiger partial charge is 0.216 e. The summed E-state index contributed by atoms with van der Waals surface area (Å²) in [6, 6.07) is 21.2. The van der Waals surface area contributed by atoms with Crippen LogP contribution < -0.4 is 16.0 Å². The highest BCUT2D eigenvalue weighted by molar-refractivity contribution is 14.0. The van der Waals surface area contributed by atoms with Crippen molar-refractivity contribution >= 4 is 35.8 Å². The van der Waals surface area contributed by atoms with Crippen LogP contribution in [0.25, 0.3) is 0 Å². The Balaban J connectivity index is 0.00000392. The van der Waals surface area contributed by atoms with Gasteiger partial charge in [-0.25, -0.2) is 0 Å². The van der Waals surface area contributed by atoms with Crippen LogP contribution in [0.15, 0.2) is 65.7 Å². The van der Waals surface area contributed by atoms with Crippen LogP contribution in [-0.4, -0.2) is 38.0 Å². The maximum Gasteiger partial charge on any atom is 0.216 e. The fourth-order valence-electron chi connectivity index (χ4n) is 2.96. The van der Waals surface area contributed by atoms with E-state index in [4.69, 9.17) is 4.99 Å². The van der Waals surface area contributed by atoms with Gasteiger partial charge in [0.15, 0.2) is 5.96 Å². The third-order valence-corrected chi connectivity index (χ3v) is 4.23. The molecule has 0 spiro atoms. The maximum absolute atomic E-state index is 10.9. The summed E-state index contributed by atoms with van der Waals surface area (Å²) < 4.78 is 0. The van der Waals surface area contributed by atoms with E-state index in [1.54, 1.807) is 0 Å². The predicted molar refractivity (Wildman–Crippen MR) is 127 cm³/mol. The molecular formula is C22H31IN4O. The number of benzene rings is 2. The first-order valence-corrected chi connectivity index (χ1v) is 9.57. The molecule has 0 aromatic heterocycles. The van der Waals surface area contributed by atoms with Crippen molar-refractivity contribution in [2.45, 2.75) is 26.2 Å². The third-order valence-electron chi connectivity index (χ3n) is 4.23. The average Bonchev–Trinajstić information content (AvgIpc) is 2.69. The predicted octanol–water partition coefficient (Wildman–Crippen LogP) is 3.52. The van der Waals surface area contributed by atoms with Crippen molar-refractivity contribution < 1.29 is 4.79 Å². The topological polar surface area (TPSA) is 65.5 Å². The molecule has 0 atom stereocenters. The third kappa shape index (κ3) is 8.73. The van der Waals surface area contributed by atoms with E-state index < -0.39 is 0 Å². The van der Waals surface area contributed by atoms with Gasteiger partial charge in [-0.3, -0.25) is 9.79 Å². The number of halogens is 1. The van der Waals surface area contributed by atoms with Crippen molar-refractivity contribution in [1.82, 2.24) is 16.0 Å². The normalized spacial score (nSPS) is 10.9. The molecule has 0 radical (unpaired) electrons. The summed E-state index contributed by atoms with van der Waals surface area (Å²) in [6.07, 6.45) is 0.927.